The summed E-state index contributed by atoms with van der Waals surface area (Å²) < 4.78 is 0. The van der Waals surface area contributed by atoms with E-state index >= 15 is 0 Å². The van der Waals surface area contributed by atoms with E-state index in [-0.39, 0.29) is 23.9 Å². The topological polar surface area (TPSA) is 127 Å². The molecule has 7 heteroatoms. The van der Waals surface area contributed by atoms with E-state index in [1.165, 1.54) is 0 Å². The summed E-state index contributed by atoms with van der Waals surface area (Å²) in [5, 5.41) is 5.07. The Balaban J connectivity index is 2.66. The van der Waals surface area contributed by atoms with Crippen molar-refractivity contribution in [2.24, 2.45) is 17.4 Å². The summed E-state index contributed by atoms with van der Waals surface area (Å²) >= 11 is 0. The lowest BCUT2D eigenvalue weighted by molar-refractivity contribution is -0.129. The maximum Gasteiger partial charge on any atom is 0.266 e. The van der Waals surface area contributed by atoms with Crippen LogP contribution in [0.2, 0.25) is 0 Å². The van der Waals surface area contributed by atoms with Crippen molar-refractivity contribution in [1.82, 2.24) is 10.6 Å². The predicted octanol–water partition coefficient (Wildman–Crippen LogP) is 0.552. The second kappa shape index (κ2) is 10.1. The molecule has 25 heavy (non-hydrogen) atoms. The fraction of sp³-hybridized carbons (Fsp3) is 0.389. The standard InChI is InChI=1S/C18H26N4O3/c1-12(2)10-14(18(25)22-15(11-19)17(20)24)21-16(23)9-8-13-6-4-3-5-7-13/h3-7,11-12,14H,8-10,19H2,1-2H3,(H2,20,24)(H,21,23)(H,22,25)/b15-11+/t14-/m0/s1. The Hall–Kier alpha value is -2.83. The van der Waals surface area contributed by atoms with Gasteiger partial charge in [0.2, 0.25) is 11.8 Å². The van der Waals surface area contributed by atoms with Crippen LogP contribution in [0, 0.1) is 5.92 Å². The van der Waals surface area contributed by atoms with Crippen molar-refractivity contribution < 1.29 is 14.4 Å². The monoisotopic (exact) mass is 346 g/mol. The van der Waals surface area contributed by atoms with Crippen LogP contribution in [-0.2, 0) is 20.8 Å². The first-order valence-corrected chi connectivity index (χ1v) is 8.19. The lowest BCUT2D eigenvalue weighted by Gasteiger charge is -2.20. The molecule has 136 valence electrons. The zero-order valence-corrected chi connectivity index (χ0v) is 14.6. The highest BCUT2D eigenvalue weighted by molar-refractivity contribution is 5.98. The third kappa shape index (κ3) is 7.52. The van der Waals surface area contributed by atoms with E-state index in [0.29, 0.717) is 12.8 Å². The molecule has 0 aliphatic carbocycles. The van der Waals surface area contributed by atoms with Crippen molar-refractivity contribution in [1.29, 1.82) is 0 Å². The number of nitrogens with two attached hydrogens (primary N) is 2. The number of hydrogen-bond donors (Lipinski definition) is 4. The molecule has 3 amide bonds. The number of carbonyl (C=O) groups is 3. The molecule has 0 aliphatic rings. The van der Waals surface area contributed by atoms with Gasteiger partial charge in [0.25, 0.3) is 5.91 Å². The SMILES string of the molecule is CC(C)C[C@H](NC(=O)CCc1ccccc1)C(=O)N/C(=C/N)C(N)=O. The summed E-state index contributed by atoms with van der Waals surface area (Å²) in [4.78, 5) is 35.7. The number of carbonyl (C=O) groups excluding carboxylic acids is 3. The Labute approximate surface area is 147 Å². The van der Waals surface area contributed by atoms with Crippen LogP contribution < -0.4 is 22.1 Å². The van der Waals surface area contributed by atoms with Crippen LogP contribution in [0.25, 0.3) is 0 Å². The van der Waals surface area contributed by atoms with Crippen LogP contribution >= 0.6 is 0 Å². The molecular formula is C18H26N4O3. The summed E-state index contributed by atoms with van der Waals surface area (Å²) in [5.74, 6) is -1.42. The summed E-state index contributed by atoms with van der Waals surface area (Å²) in [6.45, 7) is 3.87. The van der Waals surface area contributed by atoms with Gasteiger partial charge in [0.1, 0.15) is 11.7 Å². The number of benzene rings is 1. The molecule has 1 rings (SSSR count). The third-order valence-electron chi connectivity index (χ3n) is 3.53. The Morgan fingerprint density at radius 3 is 2.32 bits per heavy atom. The minimum atomic E-state index is -0.838. The van der Waals surface area contributed by atoms with E-state index in [1.807, 2.05) is 44.2 Å². The highest BCUT2D eigenvalue weighted by atomic mass is 16.2. The normalized spacial score (nSPS) is 12.5. The molecule has 0 aliphatic heterocycles. The van der Waals surface area contributed by atoms with Crippen molar-refractivity contribution in [2.45, 2.75) is 39.2 Å². The van der Waals surface area contributed by atoms with Gasteiger partial charge in [-0.2, -0.15) is 0 Å². The number of rotatable bonds is 9. The molecule has 0 saturated carbocycles. The molecule has 7 nitrogen and oxygen atoms in total. The third-order valence-corrected chi connectivity index (χ3v) is 3.53. The largest absolute Gasteiger partial charge is 0.403 e. The van der Waals surface area contributed by atoms with E-state index < -0.39 is 17.9 Å². The van der Waals surface area contributed by atoms with Gasteiger partial charge in [-0.3, -0.25) is 14.4 Å². The number of primary amides is 1. The molecule has 0 saturated heterocycles. The van der Waals surface area contributed by atoms with Crippen molar-refractivity contribution in [2.75, 3.05) is 0 Å². The highest BCUT2D eigenvalue weighted by Gasteiger charge is 2.23. The van der Waals surface area contributed by atoms with Crippen LogP contribution in [0.5, 0.6) is 0 Å². The molecule has 0 unspecified atom stereocenters. The smallest absolute Gasteiger partial charge is 0.266 e. The average molecular weight is 346 g/mol. The van der Waals surface area contributed by atoms with Crippen molar-refractivity contribution >= 4 is 17.7 Å². The summed E-state index contributed by atoms with van der Waals surface area (Å²) in [5.41, 5.74) is 11.2. The summed E-state index contributed by atoms with van der Waals surface area (Å²) in [6.07, 6.45) is 2.21. The zero-order valence-electron chi connectivity index (χ0n) is 14.6. The van der Waals surface area contributed by atoms with Gasteiger partial charge in [-0.05, 0) is 24.3 Å². The molecule has 1 aromatic rings. The van der Waals surface area contributed by atoms with Crippen LogP contribution in [0.3, 0.4) is 0 Å². The van der Waals surface area contributed by atoms with Gasteiger partial charge in [-0.15, -0.1) is 0 Å². The summed E-state index contributed by atoms with van der Waals surface area (Å²) in [6, 6.07) is 8.85. The zero-order chi connectivity index (χ0) is 18.8. The first kappa shape index (κ1) is 20.2. The minimum Gasteiger partial charge on any atom is -0.403 e. The molecule has 0 aromatic heterocycles. The van der Waals surface area contributed by atoms with E-state index in [4.69, 9.17) is 11.5 Å². The van der Waals surface area contributed by atoms with Gasteiger partial charge in [0, 0.05) is 12.6 Å². The van der Waals surface area contributed by atoms with Crippen LogP contribution in [0.15, 0.2) is 42.2 Å². The Morgan fingerprint density at radius 1 is 1.16 bits per heavy atom. The first-order chi connectivity index (χ1) is 11.8. The molecule has 1 atom stereocenters. The van der Waals surface area contributed by atoms with E-state index in [2.05, 4.69) is 10.6 Å². The Kier molecular flexibility index (Phi) is 8.18. The van der Waals surface area contributed by atoms with Gasteiger partial charge in [-0.25, -0.2) is 0 Å². The minimum absolute atomic E-state index is 0.170. The van der Waals surface area contributed by atoms with Gasteiger partial charge in [-0.1, -0.05) is 44.2 Å². The number of aryl methyl sites for hydroxylation is 1. The highest BCUT2D eigenvalue weighted by Crippen LogP contribution is 2.07. The molecule has 0 bridgehead atoms. The van der Waals surface area contributed by atoms with Gasteiger partial charge in [0.05, 0.1) is 0 Å². The molecule has 0 heterocycles. The Bertz CT molecular complexity index is 626. The van der Waals surface area contributed by atoms with Gasteiger partial charge < -0.3 is 22.1 Å². The van der Waals surface area contributed by atoms with E-state index in [1.54, 1.807) is 0 Å². The molecule has 1 aromatic carbocycles. The predicted molar refractivity (Wildman–Crippen MR) is 95.8 cm³/mol. The molecule has 0 fully saturated rings. The fourth-order valence-corrected chi connectivity index (χ4v) is 2.28. The first-order valence-electron chi connectivity index (χ1n) is 8.19. The van der Waals surface area contributed by atoms with E-state index in [0.717, 1.165) is 11.8 Å². The van der Waals surface area contributed by atoms with Crippen molar-refractivity contribution in [3.8, 4) is 0 Å². The maximum atomic E-state index is 12.3. The molecular weight excluding hydrogens is 320 g/mol. The van der Waals surface area contributed by atoms with Gasteiger partial charge in [0.15, 0.2) is 0 Å². The van der Waals surface area contributed by atoms with E-state index in [9.17, 15) is 14.4 Å². The van der Waals surface area contributed by atoms with Crippen LogP contribution in [-0.4, -0.2) is 23.8 Å². The average Bonchev–Trinajstić information content (AvgIpc) is 2.57. The van der Waals surface area contributed by atoms with Crippen molar-refractivity contribution in [3.63, 3.8) is 0 Å². The molecule has 6 N–H and O–H groups in total. The van der Waals surface area contributed by atoms with Gasteiger partial charge >= 0.3 is 0 Å². The number of hydrogen-bond acceptors (Lipinski definition) is 4. The lowest BCUT2D eigenvalue weighted by Crippen LogP contribution is -2.48. The quantitative estimate of drug-likeness (QED) is 0.487. The second-order valence-corrected chi connectivity index (χ2v) is 6.17. The lowest BCUT2D eigenvalue weighted by atomic mass is 10.0. The fourth-order valence-electron chi connectivity index (χ4n) is 2.28. The van der Waals surface area contributed by atoms with Crippen LogP contribution in [0.1, 0.15) is 32.3 Å². The second-order valence-electron chi connectivity index (χ2n) is 6.17. The summed E-state index contributed by atoms with van der Waals surface area (Å²) in [7, 11) is 0. The molecule has 0 spiro atoms. The number of amides is 3. The molecule has 0 radical (unpaired) electrons. The van der Waals surface area contributed by atoms with Crippen molar-refractivity contribution in [3.05, 3.63) is 47.8 Å². The van der Waals surface area contributed by atoms with Crippen LogP contribution in [0.4, 0.5) is 0 Å². The Morgan fingerprint density at radius 2 is 1.80 bits per heavy atom. The number of nitrogens with one attached hydrogen (secondary N) is 2. The maximum absolute atomic E-state index is 12.3.